The molecule has 0 atom stereocenters. The van der Waals surface area contributed by atoms with E-state index in [1.807, 2.05) is 66.7 Å². The van der Waals surface area contributed by atoms with E-state index in [0.717, 1.165) is 24.0 Å². The zero-order valence-corrected chi connectivity index (χ0v) is 23.9. The van der Waals surface area contributed by atoms with Crippen LogP contribution in [0.15, 0.2) is 108 Å². The average Bonchev–Trinajstić information content (AvgIpc) is 3.00. The maximum atomic E-state index is 13.7. The van der Waals surface area contributed by atoms with Gasteiger partial charge in [-0.25, -0.2) is 13.2 Å². The molecule has 0 aliphatic carbocycles. The standard InChI is InChI=1S/C32H34N2O6S/c1-3-4-20-33-28-21-26(32(35)40-30(24-14-8-5-9-15-24)25-16-10-6-11-17-25)22-29(41(36,37)34-23-38-2)31(28)39-27-18-12-7-13-19-27/h5-19,21-22,30,33-34H,3-4,20,23H2,1-2H3. The number of para-hydroxylation sites is 1. The fraction of sp³-hybridized carbons (Fsp3) is 0.219. The lowest BCUT2D eigenvalue weighted by molar-refractivity contribution is 0.0378. The first kappa shape index (κ1) is 29.8. The Labute approximate surface area is 241 Å². The van der Waals surface area contributed by atoms with Crippen LogP contribution in [0.1, 0.15) is 47.4 Å². The zero-order chi connectivity index (χ0) is 29.1. The number of methoxy groups -OCH3 is 1. The predicted octanol–water partition coefficient (Wildman–Crippen LogP) is 6.52. The molecule has 41 heavy (non-hydrogen) atoms. The molecule has 0 aromatic heterocycles. The van der Waals surface area contributed by atoms with Crippen LogP contribution in [-0.2, 0) is 19.5 Å². The van der Waals surface area contributed by atoms with Crippen molar-refractivity contribution in [2.24, 2.45) is 0 Å². The molecule has 0 saturated carbocycles. The summed E-state index contributed by atoms with van der Waals surface area (Å²) in [5.74, 6) is -0.177. The Bertz CT molecular complexity index is 1470. The zero-order valence-electron chi connectivity index (χ0n) is 23.1. The largest absolute Gasteiger partial charge is 0.454 e. The predicted molar refractivity (Wildman–Crippen MR) is 159 cm³/mol. The first-order chi connectivity index (χ1) is 19.9. The summed E-state index contributed by atoms with van der Waals surface area (Å²) >= 11 is 0. The quantitative estimate of drug-likeness (QED) is 0.100. The molecule has 4 aromatic carbocycles. The van der Waals surface area contributed by atoms with Gasteiger partial charge in [0.1, 0.15) is 17.4 Å². The molecule has 4 aromatic rings. The second-order valence-electron chi connectivity index (χ2n) is 9.23. The molecule has 214 valence electrons. The minimum atomic E-state index is -4.16. The molecule has 0 heterocycles. The smallest absolute Gasteiger partial charge is 0.339 e. The second-order valence-corrected chi connectivity index (χ2v) is 11.0. The van der Waals surface area contributed by atoms with E-state index >= 15 is 0 Å². The Balaban J connectivity index is 1.81. The molecule has 0 amide bonds. The van der Waals surface area contributed by atoms with Gasteiger partial charge >= 0.3 is 5.97 Å². The van der Waals surface area contributed by atoms with Gasteiger partial charge in [0.05, 0.1) is 11.3 Å². The van der Waals surface area contributed by atoms with Gasteiger partial charge in [-0.15, -0.1) is 0 Å². The highest BCUT2D eigenvalue weighted by Gasteiger charge is 2.28. The number of esters is 1. The van der Waals surface area contributed by atoms with E-state index in [9.17, 15) is 13.2 Å². The van der Waals surface area contributed by atoms with E-state index in [-0.39, 0.29) is 22.9 Å². The van der Waals surface area contributed by atoms with Crippen LogP contribution < -0.4 is 14.8 Å². The topological polar surface area (TPSA) is 103 Å². The highest BCUT2D eigenvalue weighted by atomic mass is 32.2. The van der Waals surface area contributed by atoms with Gasteiger partial charge < -0.3 is 19.5 Å². The Kier molecular flexibility index (Phi) is 10.5. The minimum Gasteiger partial charge on any atom is -0.454 e. The summed E-state index contributed by atoms with van der Waals surface area (Å²) in [6.07, 6.45) is 1.04. The lowest BCUT2D eigenvalue weighted by atomic mass is 10.0. The third kappa shape index (κ3) is 7.94. The maximum Gasteiger partial charge on any atom is 0.339 e. The Morgan fingerprint density at radius 2 is 1.44 bits per heavy atom. The molecule has 9 heteroatoms. The number of carbonyl (C=O) groups excluding carboxylic acids is 1. The number of carbonyl (C=O) groups is 1. The van der Waals surface area contributed by atoms with Gasteiger partial charge in [0.2, 0.25) is 10.0 Å². The monoisotopic (exact) mass is 574 g/mol. The molecular formula is C32H34N2O6S. The van der Waals surface area contributed by atoms with Crippen LogP contribution in [-0.4, -0.2) is 34.8 Å². The number of hydrogen-bond acceptors (Lipinski definition) is 7. The van der Waals surface area contributed by atoms with Crippen molar-refractivity contribution in [3.05, 3.63) is 120 Å². The first-order valence-electron chi connectivity index (χ1n) is 13.4. The molecule has 2 N–H and O–H groups in total. The summed E-state index contributed by atoms with van der Waals surface area (Å²) in [5.41, 5.74) is 1.98. The number of anilines is 1. The molecule has 0 saturated heterocycles. The van der Waals surface area contributed by atoms with Crippen molar-refractivity contribution >= 4 is 21.7 Å². The van der Waals surface area contributed by atoms with Crippen molar-refractivity contribution in [2.45, 2.75) is 30.8 Å². The average molecular weight is 575 g/mol. The molecule has 4 rings (SSSR count). The van der Waals surface area contributed by atoms with Crippen LogP contribution in [0, 0.1) is 0 Å². The van der Waals surface area contributed by atoms with Crippen molar-refractivity contribution in [3.8, 4) is 11.5 Å². The third-order valence-electron chi connectivity index (χ3n) is 6.21. The molecule has 0 aliphatic rings. The number of unbranched alkanes of at least 4 members (excludes halogenated alkanes) is 1. The molecule has 0 fully saturated rings. The van der Waals surface area contributed by atoms with E-state index in [1.165, 1.54) is 13.2 Å². The molecular weight excluding hydrogens is 540 g/mol. The fourth-order valence-electron chi connectivity index (χ4n) is 4.14. The Morgan fingerprint density at radius 3 is 2.00 bits per heavy atom. The van der Waals surface area contributed by atoms with Crippen LogP contribution in [0.4, 0.5) is 5.69 Å². The second kappa shape index (κ2) is 14.5. The van der Waals surface area contributed by atoms with Crippen molar-refractivity contribution in [1.29, 1.82) is 0 Å². The number of nitrogens with one attached hydrogen (secondary N) is 2. The van der Waals surface area contributed by atoms with Gasteiger partial charge in [0, 0.05) is 13.7 Å². The SMILES string of the molecule is CCCCNc1cc(C(=O)OC(c2ccccc2)c2ccccc2)cc(S(=O)(=O)NCOC)c1Oc1ccccc1. The van der Waals surface area contributed by atoms with Crippen LogP contribution in [0.25, 0.3) is 0 Å². The summed E-state index contributed by atoms with van der Waals surface area (Å²) in [7, 11) is -2.79. The summed E-state index contributed by atoms with van der Waals surface area (Å²) in [4.78, 5) is 13.5. The number of rotatable bonds is 14. The number of sulfonamides is 1. The Morgan fingerprint density at radius 1 is 0.854 bits per heavy atom. The highest BCUT2D eigenvalue weighted by Crippen LogP contribution is 2.38. The molecule has 0 bridgehead atoms. The molecule has 8 nitrogen and oxygen atoms in total. The normalized spacial score (nSPS) is 11.3. The van der Waals surface area contributed by atoms with Crippen molar-refractivity contribution in [1.82, 2.24) is 4.72 Å². The van der Waals surface area contributed by atoms with E-state index in [4.69, 9.17) is 14.2 Å². The van der Waals surface area contributed by atoms with Crippen LogP contribution in [0.2, 0.25) is 0 Å². The van der Waals surface area contributed by atoms with E-state index in [1.54, 1.807) is 30.3 Å². The maximum absolute atomic E-state index is 13.7. The summed E-state index contributed by atoms with van der Waals surface area (Å²) in [6.45, 7) is 2.33. The van der Waals surface area contributed by atoms with Gasteiger partial charge in [0.15, 0.2) is 11.9 Å². The lowest BCUT2D eigenvalue weighted by Crippen LogP contribution is -2.27. The van der Waals surface area contributed by atoms with Crippen LogP contribution >= 0.6 is 0 Å². The summed E-state index contributed by atoms with van der Waals surface area (Å²) in [5, 5.41) is 3.26. The van der Waals surface area contributed by atoms with Crippen molar-refractivity contribution < 1.29 is 27.4 Å². The molecule has 0 aliphatic heterocycles. The van der Waals surface area contributed by atoms with Crippen molar-refractivity contribution in [3.63, 3.8) is 0 Å². The third-order valence-corrected chi connectivity index (χ3v) is 7.59. The van der Waals surface area contributed by atoms with Gasteiger partial charge in [-0.2, -0.15) is 4.72 Å². The van der Waals surface area contributed by atoms with Gasteiger partial charge in [-0.3, -0.25) is 0 Å². The fourth-order valence-corrected chi connectivity index (χ4v) is 5.24. The van der Waals surface area contributed by atoms with E-state index in [2.05, 4.69) is 17.0 Å². The lowest BCUT2D eigenvalue weighted by Gasteiger charge is -2.21. The summed E-state index contributed by atoms with van der Waals surface area (Å²) in [6, 6.07) is 30.5. The Hall–Kier alpha value is -4.18. The van der Waals surface area contributed by atoms with E-state index in [0.29, 0.717) is 18.0 Å². The van der Waals surface area contributed by atoms with Gasteiger partial charge in [0.25, 0.3) is 0 Å². The number of ether oxygens (including phenoxy) is 3. The number of benzene rings is 4. The highest BCUT2D eigenvalue weighted by molar-refractivity contribution is 7.89. The van der Waals surface area contributed by atoms with Crippen molar-refractivity contribution in [2.75, 3.05) is 25.7 Å². The molecule has 0 spiro atoms. The van der Waals surface area contributed by atoms with Gasteiger partial charge in [-0.05, 0) is 41.8 Å². The minimum absolute atomic E-state index is 0.0547. The van der Waals surface area contributed by atoms with Crippen LogP contribution in [0.5, 0.6) is 11.5 Å². The van der Waals surface area contributed by atoms with Gasteiger partial charge in [-0.1, -0.05) is 92.2 Å². The first-order valence-corrected chi connectivity index (χ1v) is 14.9. The molecule has 0 unspecified atom stereocenters. The van der Waals surface area contributed by atoms with Crippen LogP contribution in [0.3, 0.4) is 0 Å². The number of hydrogen-bond donors (Lipinski definition) is 2. The summed E-state index contributed by atoms with van der Waals surface area (Å²) < 4.78 is 46.5. The van der Waals surface area contributed by atoms with E-state index < -0.39 is 22.1 Å². The molecule has 0 radical (unpaired) electrons.